The van der Waals surface area contributed by atoms with E-state index in [-0.39, 0.29) is 11.8 Å². The fourth-order valence-electron chi connectivity index (χ4n) is 2.10. The number of rotatable bonds is 3. The van der Waals surface area contributed by atoms with Gasteiger partial charge in [0.25, 0.3) is 5.91 Å². The highest BCUT2D eigenvalue weighted by Crippen LogP contribution is 2.19. The summed E-state index contributed by atoms with van der Waals surface area (Å²) in [6, 6.07) is 3.74. The minimum atomic E-state index is -0.252. The summed E-state index contributed by atoms with van der Waals surface area (Å²) in [4.78, 5) is 28.5. The zero-order chi connectivity index (χ0) is 13.8. The van der Waals surface area contributed by atoms with Crippen LogP contribution in [-0.4, -0.2) is 47.8 Å². The summed E-state index contributed by atoms with van der Waals surface area (Å²) in [6.07, 6.45) is 0. The Balaban J connectivity index is 1.87. The predicted octanol–water partition coefficient (Wildman–Crippen LogP) is 0.0157. The molecule has 0 aliphatic carbocycles. The topological polar surface area (TPSA) is 78.7 Å². The van der Waals surface area contributed by atoms with Crippen LogP contribution >= 0.6 is 11.3 Å². The molecule has 2 heterocycles. The van der Waals surface area contributed by atoms with E-state index >= 15 is 0 Å². The van der Waals surface area contributed by atoms with Crippen LogP contribution in [0.4, 0.5) is 0 Å². The SMILES string of the molecule is CC(=O)N1CCN(Cc2ccc(C(=O)NN)s2)CC1. The zero-order valence-corrected chi connectivity index (χ0v) is 11.7. The molecule has 1 aliphatic heterocycles. The molecular weight excluding hydrogens is 264 g/mol. The number of carbonyl (C=O) groups excluding carboxylic acids is 2. The molecule has 1 aromatic heterocycles. The molecule has 0 saturated carbocycles. The van der Waals surface area contributed by atoms with E-state index in [1.54, 1.807) is 13.0 Å². The van der Waals surface area contributed by atoms with Crippen molar-refractivity contribution in [1.82, 2.24) is 15.2 Å². The van der Waals surface area contributed by atoms with Gasteiger partial charge in [0, 0.05) is 44.5 Å². The smallest absolute Gasteiger partial charge is 0.275 e. The van der Waals surface area contributed by atoms with Crippen molar-refractivity contribution < 1.29 is 9.59 Å². The summed E-state index contributed by atoms with van der Waals surface area (Å²) >= 11 is 1.45. The standard InChI is InChI=1S/C12H18N4O2S/c1-9(17)16-6-4-15(5-7-16)8-10-2-3-11(19-10)12(18)14-13/h2-3H,4-8,13H2,1H3,(H,14,18). The summed E-state index contributed by atoms with van der Waals surface area (Å²) < 4.78 is 0. The lowest BCUT2D eigenvalue weighted by atomic mass is 10.3. The molecule has 104 valence electrons. The maximum absolute atomic E-state index is 11.4. The molecular formula is C12H18N4O2S. The second kappa shape index (κ2) is 6.14. The average Bonchev–Trinajstić information content (AvgIpc) is 2.87. The fraction of sp³-hybridized carbons (Fsp3) is 0.500. The number of hydrazine groups is 1. The first-order valence-corrected chi connectivity index (χ1v) is 6.99. The van der Waals surface area contributed by atoms with Gasteiger partial charge in [-0.05, 0) is 12.1 Å². The van der Waals surface area contributed by atoms with Crippen molar-refractivity contribution in [2.24, 2.45) is 5.84 Å². The van der Waals surface area contributed by atoms with Crippen LogP contribution in [0.3, 0.4) is 0 Å². The lowest BCUT2D eigenvalue weighted by Gasteiger charge is -2.33. The molecule has 7 heteroatoms. The van der Waals surface area contributed by atoms with Crippen LogP contribution in [0, 0.1) is 0 Å². The Hall–Kier alpha value is -1.44. The number of nitrogens with two attached hydrogens (primary N) is 1. The Kier molecular flexibility index (Phi) is 4.52. The molecule has 0 bridgehead atoms. The van der Waals surface area contributed by atoms with Gasteiger partial charge in [-0.15, -0.1) is 11.3 Å². The normalized spacial score (nSPS) is 16.4. The van der Waals surface area contributed by atoms with Crippen LogP contribution in [0.2, 0.25) is 0 Å². The van der Waals surface area contributed by atoms with Crippen LogP contribution in [0.15, 0.2) is 12.1 Å². The first kappa shape index (κ1) is 14.0. The molecule has 3 N–H and O–H groups in total. The number of thiophene rings is 1. The Labute approximate surface area is 116 Å². The summed E-state index contributed by atoms with van der Waals surface area (Å²) in [7, 11) is 0. The number of piperazine rings is 1. The highest BCUT2D eigenvalue weighted by atomic mass is 32.1. The molecule has 6 nitrogen and oxygen atoms in total. The third-order valence-corrected chi connectivity index (χ3v) is 4.28. The predicted molar refractivity (Wildman–Crippen MR) is 73.5 cm³/mol. The van der Waals surface area contributed by atoms with Gasteiger partial charge in [0.2, 0.25) is 5.91 Å². The highest BCUT2D eigenvalue weighted by Gasteiger charge is 2.19. The quantitative estimate of drug-likeness (QED) is 0.465. The largest absolute Gasteiger partial charge is 0.340 e. The first-order valence-electron chi connectivity index (χ1n) is 6.17. The minimum Gasteiger partial charge on any atom is -0.340 e. The molecule has 0 aromatic carbocycles. The van der Waals surface area contributed by atoms with Crippen molar-refractivity contribution in [3.05, 3.63) is 21.9 Å². The lowest BCUT2D eigenvalue weighted by Crippen LogP contribution is -2.47. The van der Waals surface area contributed by atoms with Gasteiger partial charge in [-0.1, -0.05) is 0 Å². The molecule has 1 saturated heterocycles. The van der Waals surface area contributed by atoms with Gasteiger partial charge in [0.15, 0.2) is 0 Å². The van der Waals surface area contributed by atoms with Crippen LogP contribution in [0.1, 0.15) is 21.5 Å². The van der Waals surface area contributed by atoms with Gasteiger partial charge in [-0.25, -0.2) is 5.84 Å². The third-order valence-electron chi connectivity index (χ3n) is 3.21. The number of hydrogen-bond donors (Lipinski definition) is 2. The fourth-order valence-corrected chi connectivity index (χ4v) is 3.05. The summed E-state index contributed by atoms with van der Waals surface area (Å²) in [5.41, 5.74) is 2.13. The molecule has 2 amide bonds. The van der Waals surface area contributed by atoms with Crippen LogP contribution < -0.4 is 11.3 Å². The maximum atomic E-state index is 11.4. The molecule has 0 atom stereocenters. The van der Waals surface area contributed by atoms with Crippen LogP contribution in [0.25, 0.3) is 0 Å². The summed E-state index contributed by atoms with van der Waals surface area (Å²) in [5.74, 6) is 4.99. The van der Waals surface area contributed by atoms with E-state index in [1.807, 2.05) is 11.0 Å². The minimum absolute atomic E-state index is 0.137. The van der Waals surface area contributed by atoms with Gasteiger partial charge in [0.05, 0.1) is 4.88 Å². The van der Waals surface area contributed by atoms with Gasteiger partial charge >= 0.3 is 0 Å². The molecule has 1 fully saturated rings. The van der Waals surface area contributed by atoms with E-state index in [4.69, 9.17) is 5.84 Å². The van der Waals surface area contributed by atoms with Crippen molar-refractivity contribution in [3.63, 3.8) is 0 Å². The van der Waals surface area contributed by atoms with Crippen LogP contribution in [-0.2, 0) is 11.3 Å². The van der Waals surface area contributed by atoms with Crippen molar-refractivity contribution in [2.45, 2.75) is 13.5 Å². The second-order valence-corrected chi connectivity index (χ2v) is 5.69. The summed E-state index contributed by atoms with van der Waals surface area (Å²) in [5, 5.41) is 0. The number of nitrogens with one attached hydrogen (secondary N) is 1. The number of amides is 2. The third kappa shape index (κ3) is 3.52. The molecule has 0 unspecified atom stereocenters. The molecule has 1 aromatic rings. The van der Waals surface area contributed by atoms with E-state index < -0.39 is 0 Å². The van der Waals surface area contributed by atoms with Crippen molar-refractivity contribution >= 4 is 23.2 Å². The molecule has 1 aliphatic rings. The number of nitrogens with zero attached hydrogens (tertiary/aromatic N) is 2. The van der Waals surface area contributed by atoms with Crippen molar-refractivity contribution in [2.75, 3.05) is 26.2 Å². The number of nitrogen functional groups attached to an aromatic ring is 1. The number of hydrogen-bond acceptors (Lipinski definition) is 5. The lowest BCUT2D eigenvalue weighted by molar-refractivity contribution is -0.130. The molecule has 2 rings (SSSR count). The Morgan fingerprint density at radius 2 is 2.00 bits per heavy atom. The zero-order valence-electron chi connectivity index (χ0n) is 10.9. The van der Waals surface area contributed by atoms with Gasteiger partial charge < -0.3 is 4.90 Å². The van der Waals surface area contributed by atoms with Crippen molar-refractivity contribution in [3.8, 4) is 0 Å². The number of carbonyl (C=O) groups is 2. The van der Waals surface area contributed by atoms with Gasteiger partial charge in [0.1, 0.15) is 0 Å². The molecule has 0 spiro atoms. The van der Waals surface area contributed by atoms with Crippen LogP contribution in [0.5, 0.6) is 0 Å². The Morgan fingerprint density at radius 1 is 1.32 bits per heavy atom. The second-order valence-electron chi connectivity index (χ2n) is 4.52. The van der Waals surface area contributed by atoms with E-state index in [9.17, 15) is 9.59 Å². The Bertz CT molecular complexity index is 466. The van der Waals surface area contributed by atoms with Gasteiger partial charge in [-0.3, -0.25) is 19.9 Å². The Morgan fingerprint density at radius 3 is 2.58 bits per heavy atom. The summed E-state index contributed by atoms with van der Waals surface area (Å²) in [6.45, 7) is 5.71. The maximum Gasteiger partial charge on any atom is 0.275 e. The highest BCUT2D eigenvalue weighted by molar-refractivity contribution is 7.14. The molecule has 0 radical (unpaired) electrons. The average molecular weight is 282 g/mol. The van der Waals surface area contributed by atoms with E-state index in [0.717, 1.165) is 37.6 Å². The van der Waals surface area contributed by atoms with E-state index in [0.29, 0.717) is 4.88 Å². The monoisotopic (exact) mass is 282 g/mol. The van der Waals surface area contributed by atoms with Crippen molar-refractivity contribution in [1.29, 1.82) is 0 Å². The molecule has 19 heavy (non-hydrogen) atoms. The van der Waals surface area contributed by atoms with E-state index in [2.05, 4.69) is 10.3 Å². The van der Waals surface area contributed by atoms with Gasteiger partial charge in [-0.2, -0.15) is 0 Å². The van der Waals surface area contributed by atoms with E-state index in [1.165, 1.54) is 11.3 Å². The first-order chi connectivity index (χ1) is 9.10.